The highest BCUT2D eigenvalue weighted by Gasteiger charge is 2.14. The highest BCUT2D eigenvalue weighted by molar-refractivity contribution is 6.30. The van der Waals surface area contributed by atoms with Gasteiger partial charge in [0.1, 0.15) is 0 Å². The Labute approximate surface area is 122 Å². The highest BCUT2D eigenvalue weighted by Crippen LogP contribution is 2.20. The summed E-state index contributed by atoms with van der Waals surface area (Å²) in [6, 6.07) is 7.94. The smallest absolute Gasteiger partial charge is 0.0407 e. The number of anilines is 1. The first-order valence-electron chi connectivity index (χ1n) is 7.49. The standard InChI is InChI=1S/C16H25ClN2/c1-2-14-4-3-11-19(12-9-14)13-10-18-16-7-5-15(17)6-8-16/h5-8,14,18H,2-4,9-13H2,1H3. The van der Waals surface area contributed by atoms with Crippen LogP contribution in [0.4, 0.5) is 5.69 Å². The Hall–Kier alpha value is -0.730. The summed E-state index contributed by atoms with van der Waals surface area (Å²) in [6.45, 7) is 7.00. The Morgan fingerprint density at radius 1 is 1.21 bits per heavy atom. The molecule has 1 N–H and O–H groups in total. The molecule has 0 saturated carbocycles. The molecule has 0 amide bonds. The minimum absolute atomic E-state index is 0.795. The van der Waals surface area contributed by atoms with Gasteiger partial charge in [-0.2, -0.15) is 0 Å². The number of likely N-dealkylation sites (tertiary alicyclic amines) is 1. The molecule has 0 spiro atoms. The van der Waals surface area contributed by atoms with Crippen LogP contribution in [-0.2, 0) is 0 Å². The summed E-state index contributed by atoms with van der Waals surface area (Å²) >= 11 is 5.88. The molecule has 0 aromatic heterocycles. The van der Waals surface area contributed by atoms with Gasteiger partial charge in [-0.05, 0) is 62.5 Å². The molecule has 1 heterocycles. The van der Waals surface area contributed by atoms with Gasteiger partial charge in [0.15, 0.2) is 0 Å². The van der Waals surface area contributed by atoms with Gasteiger partial charge in [0.25, 0.3) is 0 Å². The van der Waals surface area contributed by atoms with Crippen molar-refractivity contribution in [3.05, 3.63) is 29.3 Å². The number of hydrogen-bond acceptors (Lipinski definition) is 2. The van der Waals surface area contributed by atoms with Crippen LogP contribution < -0.4 is 5.32 Å². The number of hydrogen-bond donors (Lipinski definition) is 1. The second kappa shape index (κ2) is 7.76. The van der Waals surface area contributed by atoms with Gasteiger partial charge in [0.05, 0.1) is 0 Å². The third kappa shape index (κ3) is 5.04. The third-order valence-corrected chi connectivity index (χ3v) is 4.37. The molecular weight excluding hydrogens is 256 g/mol. The Balaban J connectivity index is 1.69. The fourth-order valence-corrected chi connectivity index (χ4v) is 2.91. The normalized spacial score (nSPS) is 21.1. The summed E-state index contributed by atoms with van der Waals surface area (Å²) in [6.07, 6.45) is 5.49. The van der Waals surface area contributed by atoms with E-state index in [4.69, 9.17) is 11.6 Å². The molecule has 0 aliphatic carbocycles. The van der Waals surface area contributed by atoms with Crippen LogP contribution in [0.1, 0.15) is 32.6 Å². The predicted molar refractivity (Wildman–Crippen MR) is 84.0 cm³/mol. The van der Waals surface area contributed by atoms with Crippen LogP contribution in [0, 0.1) is 5.92 Å². The number of nitrogens with one attached hydrogen (secondary N) is 1. The van der Waals surface area contributed by atoms with Crippen molar-refractivity contribution < 1.29 is 0 Å². The molecule has 1 atom stereocenters. The zero-order valence-corrected chi connectivity index (χ0v) is 12.6. The molecule has 2 nitrogen and oxygen atoms in total. The first-order chi connectivity index (χ1) is 9.28. The molecule has 0 bridgehead atoms. The average Bonchev–Trinajstić information content (AvgIpc) is 2.66. The van der Waals surface area contributed by atoms with E-state index in [0.717, 1.165) is 29.7 Å². The van der Waals surface area contributed by atoms with E-state index in [2.05, 4.69) is 17.1 Å². The zero-order chi connectivity index (χ0) is 13.5. The van der Waals surface area contributed by atoms with Gasteiger partial charge in [-0.3, -0.25) is 0 Å². The van der Waals surface area contributed by atoms with Crippen LogP contribution in [0.25, 0.3) is 0 Å². The van der Waals surface area contributed by atoms with Crippen molar-refractivity contribution in [3.63, 3.8) is 0 Å². The van der Waals surface area contributed by atoms with E-state index in [1.807, 2.05) is 24.3 Å². The summed E-state index contributed by atoms with van der Waals surface area (Å²) in [4.78, 5) is 2.60. The van der Waals surface area contributed by atoms with E-state index in [0.29, 0.717) is 0 Å². The first-order valence-corrected chi connectivity index (χ1v) is 7.87. The number of rotatable bonds is 5. The molecule has 0 radical (unpaired) electrons. The van der Waals surface area contributed by atoms with Gasteiger partial charge >= 0.3 is 0 Å². The lowest BCUT2D eigenvalue weighted by Gasteiger charge is -2.20. The molecule has 3 heteroatoms. The van der Waals surface area contributed by atoms with Gasteiger partial charge in [0, 0.05) is 23.8 Å². The molecule has 1 saturated heterocycles. The number of benzene rings is 1. The fraction of sp³-hybridized carbons (Fsp3) is 0.625. The van der Waals surface area contributed by atoms with Crippen molar-refractivity contribution in [2.75, 3.05) is 31.5 Å². The van der Waals surface area contributed by atoms with Crippen LogP contribution >= 0.6 is 11.6 Å². The van der Waals surface area contributed by atoms with Crippen molar-refractivity contribution in [2.24, 2.45) is 5.92 Å². The topological polar surface area (TPSA) is 15.3 Å². The molecule has 1 aliphatic rings. The molecule has 19 heavy (non-hydrogen) atoms. The van der Waals surface area contributed by atoms with Crippen LogP contribution in [0.2, 0.25) is 5.02 Å². The second-order valence-corrected chi connectivity index (χ2v) is 5.92. The molecule has 106 valence electrons. The summed E-state index contributed by atoms with van der Waals surface area (Å²) in [7, 11) is 0. The Morgan fingerprint density at radius 3 is 2.74 bits per heavy atom. The lowest BCUT2D eigenvalue weighted by Crippen LogP contribution is -2.30. The maximum Gasteiger partial charge on any atom is 0.0407 e. The second-order valence-electron chi connectivity index (χ2n) is 5.48. The van der Waals surface area contributed by atoms with Crippen molar-refractivity contribution in [1.82, 2.24) is 4.90 Å². The molecule has 1 aromatic rings. The van der Waals surface area contributed by atoms with Crippen molar-refractivity contribution in [3.8, 4) is 0 Å². The van der Waals surface area contributed by atoms with E-state index < -0.39 is 0 Å². The molecular formula is C16H25ClN2. The van der Waals surface area contributed by atoms with Gasteiger partial charge in [-0.25, -0.2) is 0 Å². The lowest BCUT2D eigenvalue weighted by atomic mass is 9.98. The van der Waals surface area contributed by atoms with E-state index in [1.54, 1.807) is 0 Å². The largest absolute Gasteiger partial charge is 0.384 e. The summed E-state index contributed by atoms with van der Waals surface area (Å²) in [5, 5.41) is 4.26. The van der Waals surface area contributed by atoms with Crippen LogP contribution in [0.15, 0.2) is 24.3 Å². The Bertz CT molecular complexity index is 364. The van der Waals surface area contributed by atoms with Crippen LogP contribution in [0.3, 0.4) is 0 Å². The lowest BCUT2D eigenvalue weighted by molar-refractivity contribution is 0.290. The Morgan fingerprint density at radius 2 is 2.00 bits per heavy atom. The quantitative estimate of drug-likeness (QED) is 0.867. The van der Waals surface area contributed by atoms with Crippen LogP contribution in [-0.4, -0.2) is 31.1 Å². The fourth-order valence-electron chi connectivity index (χ4n) is 2.78. The van der Waals surface area contributed by atoms with E-state index in [-0.39, 0.29) is 0 Å². The van der Waals surface area contributed by atoms with E-state index >= 15 is 0 Å². The number of halogens is 1. The van der Waals surface area contributed by atoms with E-state index in [1.165, 1.54) is 38.8 Å². The number of nitrogens with zero attached hydrogens (tertiary/aromatic N) is 1. The molecule has 2 rings (SSSR count). The Kier molecular flexibility index (Phi) is 5.99. The molecule has 1 aliphatic heterocycles. The zero-order valence-electron chi connectivity index (χ0n) is 11.9. The van der Waals surface area contributed by atoms with Gasteiger partial charge in [0.2, 0.25) is 0 Å². The van der Waals surface area contributed by atoms with Crippen molar-refractivity contribution >= 4 is 17.3 Å². The van der Waals surface area contributed by atoms with Gasteiger partial charge < -0.3 is 10.2 Å². The monoisotopic (exact) mass is 280 g/mol. The molecule has 1 unspecified atom stereocenters. The maximum absolute atomic E-state index is 5.88. The summed E-state index contributed by atoms with van der Waals surface area (Å²) in [5.41, 5.74) is 1.16. The third-order valence-electron chi connectivity index (χ3n) is 4.12. The summed E-state index contributed by atoms with van der Waals surface area (Å²) < 4.78 is 0. The van der Waals surface area contributed by atoms with Crippen LogP contribution in [0.5, 0.6) is 0 Å². The van der Waals surface area contributed by atoms with Crippen molar-refractivity contribution in [1.29, 1.82) is 0 Å². The predicted octanol–water partition coefficient (Wildman–Crippen LogP) is 4.26. The summed E-state index contributed by atoms with van der Waals surface area (Å²) in [5.74, 6) is 0.953. The van der Waals surface area contributed by atoms with Crippen molar-refractivity contribution in [2.45, 2.75) is 32.6 Å². The maximum atomic E-state index is 5.88. The van der Waals surface area contributed by atoms with Gasteiger partial charge in [-0.15, -0.1) is 0 Å². The highest BCUT2D eigenvalue weighted by atomic mass is 35.5. The molecule has 1 fully saturated rings. The average molecular weight is 281 g/mol. The SMILES string of the molecule is CCC1CCCN(CCNc2ccc(Cl)cc2)CC1. The first kappa shape index (κ1) is 14.7. The molecule has 1 aromatic carbocycles. The minimum atomic E-state index is 0.795. The minimum Gasteiger partial charge on any atom is -0.384 e. The van der Waals surface area contributed by atoms with E-state index in [9.17, 15) is 0 Å². The van der Waals surface area contributed by atoms with Gasteiger partial charge in [-0.1, -0.05) is 24.9 Å².